The van der Waals surface area contributed by atoms with Crippen molar-refractivity contribution in [2.24, 2.45) is 5.73 Å². The SMILES string of the molecule is Cc1ccc(-c2nc(C3(N)CCCC3)no2)cn1.Cl. The second-order valence-electron chi connectivity index (χ2n) is 4.97. The highest BCUT2D eigenvalue weighted by molar-refractivity contribution is 5.85. The van der Waals surface area contributed by atoms with Crippen LogP contribution >= 0.6 is 12.4 Å². The van der Waals surface area contributed by atoms with E-state index in [0.717, 1.165) is 36.9 Å². The number of hydrogen-bond acceptors (Lipinski definition) is 5. The molecule has 19 heavy (non-hydrogen) atoms. The van der Waals surface area contributed by atoms with Crippen molar-refractivity contribution in [2.45, 2.75) is 38.1 Å². The summed E-state index contributed by atoms with van der Waals surface area (Å²) < 4.78 is 5.29. The van der Waals surface area contributed by atoms with Gasteiger partial charge in [-0.25, -0.2) is 0 Å². The third kappa shape index (κ3) is 2.62. The minimum absolute atomic E-state index is 0. The van der Waals surface area contributed by atoms with E-state index in [0.29, 0.717) is 11.7 Å². The Kier molecular flexibility index (Phi) is 3.87. The summed E-state index contributed by atoms with van der Waals surface area (Å²) in [6, 6.07) is 3.85. The molecule has 0 aliphatic heterocycles. The molecule has 0 amide bonds. The number of aryl methyl sites for hydroxylation is 1. The summed E-state index contributed by atoms with van der Waals surface area (Å²) in [7, 11) is 0. The van der Waals surface area contributed by atoms with Gasteiger partial charge in [0, 0.05) is 11.9 Å². The van der Waals surface area contributed by atoms with Gasteiger partial charge >= 0.3 is 0 Å². The molecule has 2 aromatic heterocycles. The lowest BCUT2D eigenvalue weighted by molar-refractivity contribution is 0.372. The maximum Gasteiger partial charge on any atom is 0.259 e. The van der Waals surface area contributed by atoms with Gasteiger partial charge in [0.1, 0.15) is 0 Å². The van der Waals surface area contributed by atoms with E-state index in [1.165, 1.54) is 0 Å². The summed E-state index contributed by atoms with van der Waals surface area (Å²) in [5.74, 6) is 1.12. The molecule has 0 unspecified atom stereocenters. The summed E-state index contributed by atoms with van der Waals surface area (Å²) >= 11 is 0. The number of rotatable bonds is 2. The van der Waals surface area contributed by atoms with Crippen LogP contribution < -0.4 is 5.73 Å². The Bertz CT molecular complexity index is 546. The lowest BCUT2D eigenvalue weighted by Gasteiger charge is -2.17. The molecule has 102 valence electrons. The van der Waals surface area contributed by atoms with E-state index in [1.807, 2.05) is 19.1 Å². The van der Waals surface area contributed by atoms with E-state index in [1.54, 1.807) is 6.20 Å². The summed E-state index contributed by atoms with van der Waals surface area (Å²) in [6.07, 6.45) is 5.86. The topological polar surface area (TPSA) is 77.8 Å². The second-order valence-corrected chi connectivity index (χ2v) is 4.97. The van der Waals surface area contributed by atoms with E-state index < -0.39 is 5.54 Å². The number of nitrogens with zero attached hydrogens (tertiary/aromatic N) is 3. The fourth-order valence-electron chi connectivity index (χ4n) is 2.37. The maximum absolute atomic E-state index is 6.30. The van der Waals surface area contributed by atoms with Crippen molar-refractivity contribution < 1.29 is 4.52 Å². The molecule has 0 radical (unpaired) electrons. The summed E-state index contributed by atoms with van der Waals surface area (Å²) in [5, 5.41) is 4.03. The van der Waals surface area contributed by atoms with Crippen LogP contribution in [-0.2, 0) is 5.54 Å². The molecule has 2 N–H and O–H groups in total. The van der Waals surface area contributed by atoms with Gasteiger partial charge < -0.3 is 10.3 Å². The van der Waals surface area contributed by atoms with Crippen LogP contribution in [-0.4, -0.2) is 15.1 Å². The van der Waals surface area contributed by atoms with Gasteiger partial charge in [-0.1, -0.05) is 18.0 Å². The molecule has 1 saturated carbocycles. The first-order chi connectivity index (χ1) is 8.67. The normalized spacial score (nSPS) is 17.2. The van der Waals surface area contributed by atoms with Crippen LogP contribution in [0.1, 0.15) is 37.2 Å². The van der Waals surface area contributed by atoms with Gasteiger partial charge in [-0.3, -0.25) is 4.98 Å². The van der Waals surface area contributed by atoms with Gasteiger partial charge in [0.25, 0.3) is 5.89 Å². The quantitative estimate of drug-likeness (QED) is 0.915. The summed E-state index contributed by atoms with van der Waals surface area (Å²) in [5.41, 5.74) is 7.69. The van der Waals surface area contributed by atoms with Crippen molar-refractivity contribution in [3.8, 4) is 11.5 Å². The molecule has 2 heterocycles. The average Bonchev–Trinajstić information content (AvgIpc) is 2.99. The molecule has 1 aliphatic rings. The van der Waals surface area contributed by atoms with Crippen LogP contribution in [0, 0.1) is 6.92 Å². The minimum atomic E-state index is -0.403. The van der Waals surface area contributed by atoms with E-state index in [4.69, 9.17) is 10.3 Å². The Labute approximate surface area is 118 Å². The lowest BCUT2D eigenvalue weighted by atomic mass is 9.99. The van der Waals surface area contributed by atoms with E-state index >= 15 is 0 Å². The Balaban J connectivity index is 0.00000133. The van der Waals surface area contributed by atoms with Gasteiger partial charge in [-0.2, -0.15) is 4.98 Å². The van der Waals surface area contributed by atoms with Crippen molar-refractivity contribution >= 4 is 12.4 Å². The van der Waals surface area contributed by atoms with Gasteiger partial charge in [0.15, 0.2) is 5.82 Å². The standard InChI is InChI=1S/C13H16N4O.ClH/c1-9-4-5-10(8-15-9)11-16-12(17-18-11)13(14)6-2-3-7-13;/h4-5,8H,2-3,6-7,14H2,1H3;1H. The van der Waals surface area contributed by atoms with Crippen molar-refractivity contribution in [2.75, 3.05) is 0 Å². The van der Waals surface area contributed by atoms with Crippen LogP contribution in [0.15, 0.2) is 22.9 Å². The van der Waals surface area contributed by atoms with Crippen LogP contribution in [0.25, 0.3) is 11.5 Å². The zero-order valence-electron chi connectivity index (χ0n) is 10.8. The molecule has 5 nitrogen and oxygen atoms in total. The lowest BCUT2D eigenvalue weighted by Crippen LogP contribution is -2.34. The number of halogens is 1. The molecule has 6 heteroatoms. The van der Waals surface area contributed by atoms with Gasteiger partial charge in [-0.05, 0) is 31.9 Å². The Hall–Kier alpha value is -1.46. The molecule has 1 aliphatic carbocycles. The smallest absolute Gasteiger partial charge is 0.259 e. The zero-order chi connectivity index (χ0) is 12.6. The predicted molar refractivity (Wildman–Crippen MR) is 73.8 cm³/mol. The highest BCUT2D eigenvalue weighted by Crippen LogP contribution is 2.35. The third-order valence-electron chi connectivity index (χ3n) is 3.53. The van der Waals surface area contributed by atoms with Crippen molar-refractivity contribution in [1.82, 2.24) is 15.1 Å². The van der Waals surface area contributed by atoms with Crippen molar-refractivity contribution in [1.29, 1.82) is 0 Å². The van der Waals surface area contributed by atoms with Gasteiger partial charge in [-0.15, -0.1) is 12.4 Å². The highest BCUT2D eigenvalue weighted by atomic mass is 35.5. The number of pyridine rings is 1. The van der Waals surface area contributed by atoms with Crippen LogP contribution in [0.4, 0.5) is 0 Å². The predicted octanol–water partition coefficient (Wildman–Crippen LogP) is 2.59. The van der Waals surface area contributed by atoms with Crippen molar-refractivity contribution in [3.05, 3.63) is 29.8 Å². The molecule has 0 spiro atoms. The highest BCUT2D eigenvalue weighted by Gasteiger charge is 2.36. The first-order valence-corrected chi connectivity index (χ1v) is 6.23. The third-order valence-corrected chi connectivity index (χ3v) is 3.53. The zero-order valence-corrected chi connectivity index (χ0v) is 11.6. The van der Waals surface area contributed by atoms with E-state index in [9.17, 15) is 0 Å². The van der Waals surface area contributed by atoms with Crippen molar-refractivity contribution in [3.63, 3.8) is 0 Å². The maximum atomic E-state index is 6.30. The monoisotopic (exact) mass is 280 g/mol. The fourth-order valence-corrected chi connectivity index (χ4v) is 2.37. The largest absolute Gasteiger partial charge is 0.334 e. The van der Waals surface area contributed by atoms with Crippen LogP contribution in [0.3, 0.4) is 0 Å². The van der Waals surface area contributed by atoms with E-state index in [2.05, 4.69) is 15.1 Å². The second kappa shape index (κ2) is 5.27. The fraction of sp³-hybridized carbons (Fsp3) is 0.462. The molecule has 0 aromatic carbocycles. The average molecular weight is 281 g/mol. The molecule has 0 atom stereocenters. The Morgan fingerprint density at radius 2 is 2.00 bits per heavy atom. The van der Waals surface area contributed by atoms with Crippen LogP contribution in [0.2, 0.25) is 0 Å². The number of hydrogen-bond donors (Lipinski definition) is 1. The molecule has 1 fully saturated rings. The molecule has 0 saturated heterocycles. The van der Waals surface area contributed by atoms with E-state index in [-0.39, 0.29) is 12.4 Å². The van der Waals surface area contributed by atoms with Gasteiger partial charge in [0.05, 0.1) is 11.1 Å². The molecular weight excluding hydrogens is 264 g/mol. The summed E-state index contributed by atoms with van der Waals surface area (Å²) in [6.45, 7) is 1.94. The molecule has 3 rings (SSSR count). The molecular formula is C13H17ClN4O. The Morgan fingerprint density at radius 3 is 2.63 bits per heavy atom. The number of aromatic nitrogens is 3. The molecule has 0 bridgehead atoms. The van der Waals surface area contributed by atoms with Gasteiger partial charge in [0.2, 0.25) is 0 Å². The number of nitrogens with two attached hydrogens (primary N) is 1. The minimum Gasteiger partial charge on any atom is -0.334 e. The Morgan fingerprint density at radius 1 is 1.26 bits per heavy atom. The summed E-state index contributed by atoms with van der Waals surface area (Å²) in [4.78, 5) is 8.64. The molecule has 2 aromatic rings. The first-order valence-electron chi connectivity index (χ1n) is 6.23. The van der Waals surface area contributed by atoms with Crippen LogP contribution in [0.5, 0.6) is 0 Å². The first kappa shape index (κ1) is 14.0.